The Hall–Kier alpha value is -3.49. The number of anilines is 1. The summed E-state index contributed by atoms with van der Waals surface area (Å²) in [6, 6.07) is 22.0. The van der Waals surface area contributed by atoms with Crippen molar-refractivity contribution >= 4 is 33.3 Å². The van der Waals surface area contributed by atoms with E-state index >= 15 is 0 Å². The van der Waals surface area contributed by atoms with Gasteiger partial charge in [0.25, 0.3) is 5.91 Å². The van der Waals surface area contributed by atoms with Crippen molar-refractivity contribution in [3.8, 4) is 5.75 Å². The highest BCUT2D eigenvalue weighted by atomic mass is 32.1. The summed E-state index contributed by atoms with van der Waals surface area (Å²) >= 11 is 1.46. The fraction of sp³-hybridized carbons (Fsp3) is 0.296. The van der Waals surface area contributed by atoms with Crippen LogP contribution in [0.15, 0.2) is 66.7 Å². The molecule has 1 N–H and O–H groups in total. The van der Waals surface area contributed by atoms with Gasteiger partial charge in [0.15, 0.2) is 0 Å². The average Bonchev–Trinajstić information content (AvgIpc) is 3.37. The lowest BCUT2D eigenvalue weighted by atomic mass is 10.1. The molecule has 2 heterocycles. The lowest BCUT2D eigenvalue weighted by molar-refractivity contribution is 0.0948. The van der Waals surface area contributed by atoms with E-state index < -0.39 is 0 Å². The van der Waals surface area contributed by atoms with Gasteiger partial charge in [-0.05, 0) is 40.6 Å². The number of amides is 1. The van der Waals surface area contributed by atoms with Crippen LogP contribution in [0.4, 0.5) is 5.13 Å². The molecule has 1 amide bonds. The minimum absolute atomic E-state index is 0.0215. The Bertz CT molecular complexity index is 1300. The fourth-order valence-electron chi connectivity index (χ4n) is 4.33. The lowest BCUT2D eigenvalue weighted by Gasteiger charge is -2.34. The van der Waals surface area contributed by atoms with Crippen molar-refractivity contribution in [2.24, 2.45) is 0 Å². The first-order valence-corrected chi connectivity index (χ1v) is 12.6. The molecule has 180 valence electrons. The zero-order valence-electron chi connectivity index (χ0n) is 19.8. The second-order valence-electron chi connectivity index (χ2n) is 8.67. The number of benzene rings is 3. The fourth-order valence-corrected chi connectivity index (χ4v) is 5.07. The van der Waals surface area contributed by atoms with Crippen molar-refractivity contribution in [2.45, 2.75) is 6.42 Å². The summed E-state index contributed by atoms with van der Waals surface area (Å²) in [6.45, 7) is 5.17. The van der Waals surface area contributed by atoms with Crippen molar-refractivity contribution in [1.82, 2.24) is 19.6 Å². The molecule has 1 aliphatic rings. The van der Waals surface area contributed by atoms with Gasteiger partial charge in [-0.3, -0.25) is 9.69 Å². The van der Waals surface area contributed by atoms with E-state index in [2.05, 4.69) is 31.6 Å². The maximum atomic E-state index is 12.6. The second kappa shape index (κ2) is 10.8. The Labute approximate surface area is 209 Å². The van der Waals surface area contributed by atoms with Crippen molar-refractivity contribution in [2.75, 3.05) is 51.3 Å². The van der Waals surface area contributed by atoms with Crippen molar-refractivity contribution in [3.63, 3.8) is 0 Å². The number of ether oxygens (including phenoxy) is 1. The lowest BCUT2D eigenvalue weighted by Crippen LogP contribution is -2.48. The summed E-state index contributed by atoms with van der Waals surface area (Å²) in [5, 5.41) is 6.27. The molecule has 4 aromatic rings. The summed E-state index contributed by atoms with van der Waals surface area (Å²) < 4.78 is 9.87. The number of hydrogen-bond donors (Lipinski definition) is 1. The largest absolute Gasteiger partial charge is 0.497 e. The minimum atomic E-state index is -0.0215. The minimum Gasteiger partial charge on any atom is -0.497 e. The van der Waals surface area contributed by atoms with Gasteiger partial charge in [0, 0.05) is 62.8 Å². The van der Waals surface area contributed by atoms with Gasteiger partial charge >= 0.3 is 0 Å². The third-order valence-corrected chi connectivity index (χ3v) is 7.14. The number of aromatic nitrogens is 2. The standard InChI is InChI=1S/C27H29N5O2S/c1-34-24-8-4-5-20(17-24)18-25-29-27(35-30-25)32-15-13-31(14-16-32)12-11-28-26(33)23-10-9-21-6-2-3-7-22(21)19-23/h2-10,17,19H,11-16,18H2,1H3,(H,28,33). The molecule has 0 spiro atoms. The SMILES string of the molecule is COc1cccc(Cc2nsc(N3CCN(CCNC(=O)c4ccc5ccccc5c4)CC3)n2)c1. The normalized spacial score (nSPS) is 14.3. The van der Waals surface area contributed by atoms with Crippen molar-refractivity contribution < 1.29 is 9.53 Å². The van der Waals surface area contributed by atoms with Crippen LogP contribution in [0.25, 0.3) is 10.8 Å². The molecule has 5 rings (SSSR count). The topological polar surface area (TPSA) is 70.6 Å². The van der Waals surface area contributed by atoms with Gasteiger partial charge in [0.05, 0.1) is 7.11 Å². The predicted molar refractivity (Wildman–Crippen MR) is 141 cm³/mol. The van der Waals surface area contributed by atoms with Gasteiger partial charge in [-0.25, -0.2) is 4.98 Å². The third-order valence-electron chi connectivity index (χ3n) is 6.32. The highest BCUT2D eigenvalue weighted by molar-refractivity contribution is 7.09. The smallest absolute Gasteiger partial charge is 0.251 e. The highest BCUT2D eigenvalue weighted by Gasteiger charge is 2.20. The predicted octanol–water partition coefficient (Wildman–Crippen LogP) is 3.84. The molecule has 0 atom stereocenters. The molecule has 3 aromatic carbocycles. The number of carbonyl (C=O) groups is 1. The number of methoxy groups -OCH3 is 1. The summed E-state index contributed by atoms with van der Waals surface area (Å²) in [5.74, 6) is 1.67. The van der Waals surface area contributed by atoms with E-state index in [1.54, 1.807) is 7.11 Å². The van der Waals surface area contributed by atoms with Crippen LogP contribution >= 0.6 is 11.5 Å². The van der Waals surface area contributed by atoms with Crippen LogP contribution in [0.2, 0.25) is 0 Å². The van der Waals surface area contributed by atoms with Crippen molar-refractivity contribution in [3.05, 3.63) is 83.7 Å². The van der Waals surface area contributed by atoms with Crippen LogP contribution in [0.5, 0.6) is 5.75 Å². The molecule has 0 bridgehead atoms. The molecule has 0 radical (unpaired) electrons. The first kappa shape index (κ1) is 23.3. The van der Waals surface area contributed by atoms with Crippen LogP contribution in [-0.4, -0.2) is 66.5 Å². The van der Waals surface area contributed by atoms with Crippen LogP contribution in [-0.2, 0) is 6.42 Å². The van der Waals surface area contributed by atoms with Gasteiger partial charge in [-0.2, -0.15) is 4.37 Å². The first-order valence-electron chi connectivity index (χ1n) is 11.9. The molecule has 0 unspecified atom stereocenters. The molecule has 1 aliphatic heterocycles. The van der Waals surface area contributed by atoms with Crippen LogP contribution in [0.3, 0.4) is 0 Å². The first-order chi connectivity index (χ1) is 17.2. The highest BCUT2D eigenvalue weighted by Crippen LogP contribution is 2.22. The molecule has 1 fully saturated rings. The number of carbonyl (C=O) groups excluding carboxylic acids is 1. The Balaban J connectivity index is 1.07. The van der Waals surface area contributed by atoms with Gasteiger partial charge < -0.3 is 15.0 Å². The van der Waals surface area contributed by atoms with E-state index in [0.29, 0.717) is 18.5 Å². The van der Waals surface area contributed by atoms with Gasteiger partial charge in [-0.15, -0.1) is 0 Å². The summed E-state index contributed by atoms with van der Waals surface area (Å²) in [4.78, 5) is 22.0. The molecular weight excluding hydrogens is 458 g/mol. The number of fused-ring (bicyclic) bond motifs is 1. The van der Waals surface area contributed by atoms with Crippen molar-refractivity contribution in [1.29, 1.82) is 0 Å². The van der Waals surface area contributed by atoms with E-state index in [9.17, 15) is 4.79 Å². The molecule has 35 heavy (non-hydrogen) atoms. The Morgan fingerprint density at radius 3 is 2.66 bits per heavy atom. The number of rotatable bonds is 8. The maximum absolute atomic E-state index is 12.6. The van der Waals surface area contributed by atoms with Gasteiger partial charge in [0.1, 0.15) is 11.6 Å². The van der Waals surface area contributed by atoms with E-state index in [1.165, 1.54) is 11.5 Å². The van der Waals surface area contributed by atoms with Gasteiger partial charge in [0.2, 0.25) is 5.13 Å². The molecule has 0 saturated carbocycles. The molecule has 1 aromatic heterocycles. The average molecular weight is 488 g/mol. The number of piperazine rings is 1. The Kier molecular flexibility index (Phi) is 7.20. The zero-order valence-corrected chi connectivity index (χ0v) is 20.6. The summed E-state index contributed by atoms with van der Waals surface area (Å²) in [7, 11) is 1.68. The van der Waals surface area contributed by atoms with E-state index in [-0.39, 0.29) is 5.91 Å². The van der Waals surface area contributed by atoms with Crippen LogP contribution < -0.4 is 15.0 Å². The molecule has 7 nitrogen and oxygen atoms in total. The number of nitrogens with one attached hydrogen (secondary N) is 1. The molecular formula is C27H29N5O2S. The summed E-state index contributed by atoms with van der Waals surface area (Å²) in [6.07, 6.45) is 0.699. The summed E-state index contributed by atoms with van der Waals surface area (Å²) in [5.41, 5.74) is 1.85. The molecule has 1 saturated heterocycles. The van der Waals surface area contributed by atoms with Crippen LogP contribution in [0.1, 0.15) is 21.7 Å². The van der Waals surface area contributed by atoms with Crippen LogP contribution in [0, 0.1) is 0 Å². The monoisotopic (exact) mass is 487 g/mol. The second-order valence-corrected chi connectivity index (χ2v) is 9.40. The van der Waals surface area contributed by atoms with Gasteiger partial charge in [-0.1, -0.05) is 42.5 Å². The zero-order chi connectivity index (χ0) is 24.0. The third kappa shape index (κ3) is 5.78. The number of hydrogen-bond acceptors (Lipinski definition) is 7. The molecule has 0 aliphatic carbocycles. The van der Waals surface area contributed by atoms with E-state index in [0.717, 1.165) is 65.8 Å². The maximum Gasteiger partial charge on any atom is 0.251 e. The van der Waals surface area contributed by atoms with E-state index in [1.807, 2.05) is 54.6 Å². The Morgan fingerprint density at radius 1 is 1.00 bits per heavy atom. The number of nitrogens with zero attached hydrogens (tertiary/aromatic N) is 4. The van der Waals surface area contributed by atoms with E-state index in [4.69, 9.17) is 9.72 Å². The Morgan fingerprint density at radius 2 is 1.83 bits per heavy atom. The quantitative estimate of drug-likeness (QED) is 0.407. The molecule has 8 heteroatoms.